The molecule has 0 spiro atoms. The van der Waals surface area contributed by atoms with Gasteiger partial charge in [-0.3, -0.25) is 9.13 Å². The van der Waals surface area contributed by atoms with E-state index in [1.165, 1.54) is 47.4 Å². The first kappa shape index (κ1) is 43.0. The Kier molecular flexibility index (Phi) is 9.90. The Morgan fingerprint density at radius 2 is 0.587 bits per heavy atom. The topological polar surface area (TPSA) is 48.5 Å². The Bertz CT molecular complexity index is 4380. The van der Waals surface area contributed by atoms with Crippen LogP contribution in [0.5, 0.6) is 0 Å². The van der Waals surface area contributed by atoms with Gasteiger partial charge >= 0.3 is 0 Å². The molecule has 11 aromatic carbocycles. The van der Waals surface area contributed by atoms with Crippen molar-refractivity contribution in [2.24, 2.45) is 0 Å². The molecule has 0 aliphatic heterocycles. The summed E-state index contributed by atoms with van der Waals surface area (Å²) in [7, 11) is -1.97. The van der Waals surface area contributed by atoms with Crippen LogP contribution in [0.3, 0.4) is 0 Å². The zero-order chi connectivity index (χ0) is 49.5. The van der Waals surface area contributed by atoms with Crippen LogP contribution < -0.4 is 0 Å². The average Bonchev–Trinajstić information content (AvgIpc) is 4.07. The minimum Gasteiger partial charge on any atom is -0.278 e. The molecule has 0 unspecified atom stereocenters. The van der Waals surface area contributed by atoms with Gasteiger partial charge in [0.2, 0.25) is 11.9 Å². The summed E-state index contributed by atoms with van der Waals surface area (Å²) in [5.41, 5.74) is 14.4. The molecule has 352 valence electrons. The van der Waals surface area contributed by atoms with Gasteiger partial charge in [-0.05, 0) is 123 Å². The van der Waals surface area contributed by atoms with Crippen LogP contribution in [0.15, 0.2) is 293 Å². The van der Waals surface area contributed by atoms with E-state index in [0.29, 0.717) is 17.7 Å². The lowest BCUT2D eigenvalue weighted by Crippen LogP contribution is -2.10. The molecule has 6 heteroatoms. The molecule has 0 atom stereocenters. The third-order valence-electron chi connectivity index (χ3n) is 15.1. The van der Waals surface area contributed by atoms with Crippen molar-refractivity contribution in [1.29, 1.82) is 0 Å². The fraction of sp³-hybridized carbons (Fsp3) is 0. The van der Waals surface area contributed by atoms with Crippen LogP contribution in [0.2, 0.25) is 0 Å². The second kappa shape index (κ2) is 17.3. The molecule has 1 aliphatic rings. The molecule has 0 N–H and O–H groups in total. The molecule has 14 aromatic rings. The molecule has 5 nitrogen and oxygen atoms in total. The third kappa shape index (κ3) is 6.63. The third-order valence-corrected chi connectivity index (χ3v) is 19.0. The lowest BCUT2D eigenvalue weighted by molar-refractivity contribution is 0.893. The Hall–Kier alpha value is -9.62. The van der Waals surface area contributed by atoms with E-state index < -0.39 is 10.0 Å². The minimum atomic E-state index is -1.97. The molecule has 3 aromatic heterocycles. The number of aromatic nitrogens is 5. The quantitative estimate of drug-likeness (QED) is 0.160. The summed E-state index contributed by atoms with van der Waals surface area (Å²) in [5, 5.41) is 4.52. The number of benzene rings is 11. The number of para-hydroxylation sites is 3. The van der Waals surface area contributed by atoms with E-state index in [0.717, 1.165) is 65.9 Å². The molecular weight excluding hydrogens is 931 g/mol. The minimum absolute atomic E-state index is 0.537. The molecule has 0 fully saturated rings. The van der Waals surface area contributed by atoms with Crippen LogP contribution in [0, 0.1) is 0 Å². The summed E-state index contributed by atoms with van der Waals surface area (Å²) >= 11 is 0. The summed E-state index contributed by atoms with van der Waals surface area (Å²) in [5.74, 6) is 1.66. The molecule has 75 heavy (non-hydrogen) atoms. The highest BCUT2D eigenvalue weighted by Crippen LogP contribution is 2.73. The fourth-order valence-electron chi connectivity index (χ4n) is 11.9. The Morgan fingerprint density at radius 1 is 0.240 bits per heavy atom. The molecule has 0 saturated carbocycles. The van der Waals surface area contributed by atoms with Crippen LogP contribution in [-0.4, -0.2) is 24.1 Å². The number of fused-ring (bicyclic) bond motifs is 14. The summed E-state index contributed by atoms with van der Waals surface area (Å²) in [6.45, 7) is 0. The Balaban J connectivity index is 1.01. The van der Waals surface area contributed by atoms with Crippen molar-refractivity contribution >= 4 is 53.6 Å². The SMILES string of the molecule is c1ccc(S(c2ccccc2)(c2ccccc2)c2ccc3c(c2)c2ccccc2n3-c2nc(-c3ccc4c(c3)-c3ccccc3-c3ccccc3-c3ccccc3-4)nc(-n3c4ccccc4c4ccccc43)n2)cc1. The van der Waals surface area contributed by atoms with E-state index >= 15 is 0 Å². The van der Waals surface area contributed by atoms with Gasteiger partial charge < -0.3 is 0 Å². The van der Waals surface area contributed by atoms with Crippen molar-refractivity contribution in [3.8, 4) is 67.8 Å². The second-order valence-corrected chi connectivity index (χ2v) is 22.2. The lowest BCUT2D eigenvalue weighted by Gasteiger charge is -2.42. The smallest absolute Gasteiger partial charge is 0.240 e. The predicted molar refractivity (Wildman–Crippen MR) is 309 cm³/mol. The second-order valence-electron chi connectivity index (χ2n) is 19.1. The summed E-state index contributed by atoms with van der Waals surface area (Å²) in [6, 6.07) is 99.1. The molecule has 0 radical (unpaired) electrons. The van der Waals surface area contributed by atoms with Gasteiger partial charge in [0.05, 0.1) is 22.1 Å². The van der Waals surface area contributed by atoms with E-state index in [-0.39, 0.29) is 0 Å². The number of hydrogen-bond donors (Lipinski definition) is 0. The Labute approximate surface area is 435 Å². The predicted octanol–water partition coefficient (Wildman–Crippen LogP) is 18.1. The maximum absolute atomic E-state index is 5.59. The van der Waals surface area contributed by atoms with E-state index in [9.17, 15) is 0 Å². The summed E-state index contributed by atoms with van der Waals surface area (Å²) in [6.07, 6.45) is 0. The van der Waals surface area contributed by atoms with Crippen LogP contribution >= 0.6 is 10.0 Å². The van der Waals surface area contributed by atoms with Crippen molar-refractivity contribution in [3.05, 3.63) is 273 Å². The first-order valence-electron chi connectivity index (χ1n) is 25.4. The monoisotopic (exact) mass is 975 g/mol. The molecule has 3 heterocycles. The van der Waals surface area contributed by atoms with Crippen molar-refractivity contribution < 1.29 is 0 Å². The van der Waals surface area contributed by atoms with E-state index in [4.69, 9.17) is 15.0 Å². The highest BCUT2D eigenvalue weighted by atomic mass is 32.3. The average molecular weight is 976 g/mol. The van der Waals surface area contributed by atoms with E-state index in [1.807, 2.05) is 0 Å². The molecule has 0 bridgehead atoms. The van der Waals surface area contributed by atoms with E-state index in [2.05, 4.69) is 282 Å². The van der Waals surface area contributed by atoms with E-state index in [1.54, 1.807) is 0 Å². The zero-order valence-electron chi connectivity index (χ0n) is 40.6. The van der Waals surface area contributed by atoms with Crippen molar-refractivity contribution in [1.82, 2.24) is 24.1 Å². The molecule has 1 aliphatic carbocycles. The number of rotatable bonds is 7. The first-order valence-corrected chi connectivity index (χ1v) is 27.1. The number of hydrogen-bond acceptors (Lipinski definition) is 3. The van der Waals surface area contributed by atoms with Gasteiger partial charge in [-0.25, -0.2) is 0 Å². The highest BCUT2D eigenvalue weighted by molar-refractivity contribution is 8.34. The van der Waals surface area contributed by atoms with Crippen LogP contribution in [0.1, 0.15) is 0 Å². The highest BCUT2D eigenvalue weighted by Gasteiger charge is 2.34. The van der Waals surface area contributed by atoms with Crippen LogP contribution in [-0.2, 0) is 0 Å². The standard InChI is InChI=1S/C69H45N5S/c1-4-22-47(23-5-1)75(48-24-6-2-7-25-48,49-26-8-3-9-27-49)50-41-43-66-62(45-50)60-36-18-21-39-65(60)74(66)69-71-67(70-68(72-69)73-63-37-19-16-34-58(63)59-35-17-20-38-64(59)73)46-40-42-57-55-32-13-12-30-53(55)51-28-10-11-29-52(51)54-31-14-15-33-56(54)61(57)44-46/h1-45H. The molecule has 0 amide bonds. The van der Waals surface area contributed by atoms with Gasteiger partial charge in [0.15, 0.2) is 5.82 Å². The normalized spacial score (nSPS) is 12.2. The molecule has 0 saturated heterocycles. The summed E-state index contributed by atoms with van der Waals surface area (Å²) in [4.78, 5) is 21.7. The molecule has 15 rings (SSSR count). The van der Waals surface area contributed by atoms with Gasteiger partial charge in [0, 0.05) is 46.7 Å². The Morgan fingerprint density at radius 3 is 1.03 bits per heavy atom. The van der Waals surface area contributed by atoms with Crippen molar-refractivity contribution in [3.63, 3.8) is 0 Å². The van der Waals surface area contributed by atoms with Crippen molar-refractivity contribution in [2.75, 3.05) is 0 Å². The molecular formula is C69H45N5S. The van der Waals surface area contributed by atoms with Crippen molar-refractivity contribution in [2.45, 2.75) is 19.6 Å². The van der Waals surface area contributed by atoms with Gasteiger partial charge in [-0.15, -0.1) is 10.0 Å². The largest absolute Gasteiger partial charge is 0.278 e. The van der Waals surface area contributed by atoms with Gasteiger partial charge in [-0.1, -0.05) is 194 Å². The van der Waals surface area contributed by atoms with Gasteiger partial charge in [0.1, 0.15) is 0 Å². The zero-order valence-corrected chi connectivity index (χ0v) is 41.4. The fourth-order valence-corrected chi connectivity index (χ4v) is 15.8. The summed E-state index contributed by atoms with van der Waals surface area (Å²) < 4.78 is 4.45. The maximum Gasteiger partial charge on any atom is 0.240 e. The van der Waals surface area contributed by atoms with Gasteiger partial charge in [-0.2, -0.15) is 15.0 Å². The van der Waals surface area contributed by atoms with Crippen LogP contribution in [0.4, 0.5) is 0 Å². The van der Waals surface area contributed by atoms with Gasteiger partial charge in [0.25, 0.3) is 0 Å². The lowest BCUT2D eigenvalue weighted by atomic mass is 9.80. The van der Waals surface area contributed by atoms with Crippen LogP contribution in [0.25, 0.3) is 111 Å². The maximum atomic E-state index is 5.59. The first-order chi connectivity index (χ1) is 37.2. The number of nitrogens with zero attached hydrogens (tertiary/aromatic N) is 5.